The Morgan fingerprint density at radius 1 is 1.33 bits per heavy atom. The minimum absolute atomic E-state index is 0.490. The van der Waals surface area contributed by atoms with Crippen LogP contribution >= 0.6 is 0 Å². The van der Waals surface area contributed by atoms with E-state index in [4.69, 9.17) is 9.15 Å². The molecule has 2 aromatic rings. The van der Waals surface area contributed by atoms with Crippen molar-refractivity contribution < 1.29 is 9.15 Å². The van der Waals surface area contributed by atoms with Crippen LogP contribution in [-0.4, -0.2) is 22.1 Å². The van der Waals surface area contributed by atoms with E-state index in [0.29, 0.717) is 17.5 Å². The summed E-state index contributed by atoms with van der Waals surface area (Å²) in [5, 5.41) is 0. The van der Waals surface area contributed by atoms with Crippen LogP contribution in [0.4, 0.5) is 0 Å². The van der Waals surface area contributed by atoms with Gasteiger partial charge in [-0.2, -0.15) is 0 Å². The third kappa shape index (κ3) is 1.68. The topological polar surface area (TPSA) is 61.0 Å². The molecular weight excluding hydrogens is 194 g/mol. The molecule has 0 unspecified atom stereocenters. The first-order valence-corrected chi connectivity index (χ1v) is 4.50. The predicted molar refractivity (Wildman–Crippen MR) is 53.6 cm³/mol. The number of hydrogen-bond acceptors (Lipinski definition) is 5. The normalized spacial score (nSPS) is 10.3. The van der Waals surface area contributed by atoms with Crippen LogP contribution in [0, 0.1) is 13.8 Å². The van der Waals surface area contributed by atoms with Gasteiger partial charge >= 0.3 is 0 Å². The van der Waals surface area contributed by atoms with Crippen LogP contribution < -0.4 is 4.74 Å². The summed E-state index contributed by atoms with van der Waals surface area (Å²) in [6.45, 7) is 3.67. The molecule has 15 heavy (non-hydrogen) atoms. The maximum atomic E-state index is 5.47. The molecule has 0 aliphatic rings. The molecule has 0 aliphatic carbocycles. The predicted octanol–water partition coefficient (Wildman–Crippen LogP) is 1.76. The molecule has 2 heterocycles. The summed E-state index contributed by atoms with van der Waals surface area (Å²) in [6, 6.07) is 0. The monoisotopic (exact) mass is 205 g/mol. The second-order valence-electron chi connectivity index (χ2n) is 3.09. The Morgan fingerprint density at radius 2 is 2.13 bits per heavy atom. The zero-order valence-corrected chi connectivity index (χ0v) is 8.81. The van der Waals surface area contributed by atoms with E-state index in [1.807, 2.05) is 6.92 Å². The van der Waals surface area contributed by atoms with Gasteiger partial charge in [0.1, 0.15) is 6.33 Å². The fourth-order valence-electron chi connectivity index (χ4n) is 1.42. The summed E-state index contributed by atoms with van der Waals surface area (Å²) < 4.78 is 10.6. The van der Waals surface area contributed by atoms with E-state index >= 15 is 0 Å². The number of methoxy groups -OCH3 is 1. The van der Waals surface area contributed by atoms with Gasteiger partial charge in [-0.3, -0.25) is 0 Å². The SMILES string of the molecule is COc1ncncc1-c1oc(C)nc1C. The largest absolute Gasteiger partial charge is 0.480 e. The molecule has 0 aromatic carbocycles. The summed E-state index contributed by atoms with van der Waals surface area (Å²) in [4.78, 5) is 12.1. The Hall–Kier alpha value is -1.91. The van der Waals surface area contributed by atoms with Gasteiger partial charge in [0.05, 0.1) is 18.4 Å². The van der Waals surface area contributed by atoms with Crippen molar-refractivity contribution >= 4 is 0 Å². The maximum Gasteiger partial charge on any atom is 0.227 e. The number of oxazole rings is 1. The van der Waals surface area contributed by atoms with Gasteiger partial charge < -0.3 is 9.15 Å². The summed E-state index contributed by atoms with van der Waals surface area (Å²) in [7, 11) is 1.56. The number of aromatic nitrogens is 3. The number of aryl methyl sites for hydroxylation is 2. The standard InChI is InChI=1S/C10H11N3O2/c1-6-9(15-7(2)13-6)8-4-11-5-12-10(8)14-3/h4-5H,1-3H3. The highest BCUT2D eigenvalue weighted by molar-refractivity contribution is 5.64. The molecule has 0 saturated heterocycles. The summed E-state index contributed by atoms with van der Waals surface area (Å²) >= 11 is 0. The first kappa shape index (κ1) is 9.64. The van der Waals surface area contributed by atoms with Crippen molar-refractivity contribution in [3.05, 3.63) is 24.1 Å². The summed E-state index contributed by atoms with van der Waals surface area (Å²) in [5.41, 5.74) is 1.53. The summed E-state index contributed by atoms with van der Waals surface area (Å²) in [6.07, 6.45) is 3.08. The third-order valence-corrected chi connectivity index (χ3v) is 2.02. The third-order valence-electron chi connectivity index (χ3n) is 2.02. The molecule has 0 spiro atoms. The van der Waals surface area contributed by atoms with Gasteiger partial charge in [0.15, 0.2) is 11.7 Å². The molecule has 0 atom stereocenters. The first-order chi connectivity index (χ1) is 7.22. The molecule has 5 nitrogen and oxygen atoms in total. The highest BCUT2D eigenvalue weighted by Gasteiger charge is 2.15. The average Bonchev–Trinajstić information content (AvgIpc) is 2.57. The fraction of sp³-hybridized carbons (Fsp3) is 0.300. The number of rotatable bonds is 2. The Kier molecular flexibility index (Phi) is 2.37. The Bertz CT molecular complexity index is 479. The summed E-state index contributed by atoms with van der Waals surface area (Å²) in [5.74, 6) is 1.77. The lowest BCUT2D eigenvalue weighted by Crippen LogP contribution is -1.92. The van der Waals surface area contributed by atoms with E-state index in [1.54, 1.807) is 20.2 Å². The smallest absolute Gasteiger partial charge is 0.227 e. The van der Waals surface area contributed by atoms with E-state index < -0.39 is 0 Å². The van der Waals surface area contributed by atoms with Crippen LogP contribution in [0.5, 0.6) is 5.88 Å². The highest BCUT2D eigenvalue weighted by atomic mass is 16.5. The molecule has 2 aromatic heterocycles. The van der Waals surface area contributed by atoms with E-state index in [1.165, 1.54) is 6.33 Å². The van der Waals surface area contributed by atoms with E-state index in [0.717, 1.165) is 11.3 Å². The average molecular weight is 205 g/mol. The lowest BCUT2D eigenvalue weighted by atomic mass is 10.2. The van der Waals surface area contributed by atoms with Crippen LogP contribution in [0.15, 0.2) is 16.9 Å². The molecule has 0 radical (unpaired) electrons. The zero-order chi connectivity index (χ0) is 10.8. The van der Waals surface area contributed by atoms with Crippen molar-refractivity contribution in [3.63, 3.8) is 0 Å². The van der Waals surface area contributed by atoms with Crippen molar-refractivity contribution in [1.29, 1.82) is 0 Å². The maximum absolute atomic E-state index is 5.47. The molecular formula is C10H11N3O2. The van der Waals surface area contributed by atoms with Gasteiger partial charge in [0.25, 0.3) is 0 Å². The molecule has 78 valence electrons. The Labute approximate surface area is 87.2 Å². The molecule has 5 heteroatoms. The first-order valence-electron chi connectivity index (χ1n) is 4.50. The minimum Gasteiger partial charge on any atom is -0.480 e. The van der Waals surface area contributed by atoms with Gasteiger partial charge in [0.2, 0.25) is 5.88 Å². The van der Waals surface area contributed by atoms with Crippen molar-refractivity contribution in [3.8, 4) is 17.2 Å². The highest BCUT2D eigenvalue weighted by Crippen LogP contribution is 2.29. The molecule has 0 saturated carbocycles. The van der Waals surface area contributed by atoms with Crippen molar-refractivity contribution in [2.45, 2.75) is 13.8 Å². The molecule has 0 aliphatic heterocycles. The van der Waals surface area contributed by atoms with Crippen LogP contribution in [0.1, 0.15) is 11.6 Å². The van der Waals surface area contributed by atoms with Crippen LogP contribution in [0.3, 0.4) is 0 Å². The number of nitrogens with zero attached hydrogens (tertiary/aromatic N) is 3. The molecule has 0 amide bonds. The van der Waals surface area contributed by atoms with Crippen LogP contribution in [0.2, 0.25) is 0 Å². The lowest BCUT2D eigenvalue weighted by Gasteiger charge is -2.03. The van der Waals surface area contributed by atoms with Gasteiger partial charge in [-0.05, 0) is 6.92 Å². The second kappa shape index (κ2) is 3.68. The van der Waals surface area contributed by atoms with Gasteiger partial charge in [-0.15, -0.1) is 0 Å². The Morgan fingerprint density at radius 3 is 2.73 bits per heavy atom. The van der Waals surface area contributed by atoms with Gasteiger partial charge in [-0.25, -0.2) is 15.0 Å². The quantitative estimate of drug-likeness (QED) is 0.747. The van der Waals surface area contributed by atoms with E-state index in [-0.39, 0.29) is 0 Å². The Balaban J connectivity index is 2.58. The van der Waals surface area contributed by atoms with Crippen molar-refractivity contribution in [2.24, 2.45) is 0 Å². The van der Waals surface area contributed by atoms with E-state index in [2.05, 4.69) is 15.0 Å². The van der Waals surface area contributed by atoms with Gasteiger partial charge in [-0.1, -0.05) is 0 Å². The van der Waals surface area contributed by atoms with Crippen molar-refractivity contribution in [2.75, 3.05) is 7.11 Å². The van der Waals surface area contributed by atoms with E-state index in [9.17, 15) is 0 Å². The second-order valence-corrected chi connectivity index (χ2v) is 3.09. The zero-order valence-electron chi connectivity index (χ0n) is 8.81. The van der Waals surface area contributed by atoms with Gasteiger partial charge in [0, 0.05) is 13.1 Å². The van der Waals surface area contributed by atoms with Crippen LogP contribution in [-0.2, 0) is 0 Å². The molecule has 0 N–H and O–H groups in total. The number of hydrogen-bond donors (Lipinski definition) is 0. The molecule has 0 bridgehead atoms. The lowest BCUT2D eigenvalue weighted by molar-refractivity contribution is 0.396. The fourth-order valence-corrected chi connectivity index (χ4v) is 1.42. The molecule has 2 rings (SSSR count). The van der Waals surface area contributed by atoms with Crippen LogP contribution in [0.25, 0.3) is 11.3 Å². The van der Waals surface area contributed by atoms with Crippen molar-refractivity contribution in [1.82, 2.24) is 15.0 Å². The molecule has 0 fully saturated rings. The number of ether oxygens (including phenoxy) is 1. The minimum atomic E-state index is 0.490.